The van der Waals surface area contributed by atoms with Crippen LogP contribution in [0.4, 0.5) is 0 Å². The molecule has 2 N–H and O–H groups in total. The Morgan fingerprint density at radius 3 is 2.94 bits per heavy atom. The van der Waals surface area contributed by atoms with Crippen molar-refractivity contribution in [3.8, 4) is 0 Å². The zero-order valence-corrected chi connectivity index (χ0v) is 10.4. The molecule has 1 amide bonds. The van der Waals surface area contributed by atoms with Crippen LogP contribution >= 0.6 is 12.4 Å². The van der Waals surface area contributed by atoms with Gasteiger partial charge in [-0.3, -0.25) is 4.79 Å². The molecule has 0 saturated carbocycles. The second-order valence-corrected chi connectivity index (χ2v) is 4.54. The molecule has 1 unspecified atom stereocenters. The molecule has 1 saturated heterocycles. The third kappa shape index (κ3) is 2.65. The van der Waals surface area contributed by atoms with E-state index in [9.17, 15) is 4.79 Å². The summed E-state index contributed by atoms with van der Waals surface area (Å²) in [6.45, 7) is 5.59. The molecule has 2 aliphatic heterocycles. The summed E-state index contributed by atoms with van der Waals surface area (Å²) in [7, 11) is 0. The highest BCUT2D eigenvalue weighted by molar-refractivity contribution is 6.39. The molecule has 92 valence electrons. The molecule has 16 heavy (non-hydrogen) atoms. The molecule has 0 aromatic heterocycles. The number of halogens is 1. The van der Waals surface area contributed by atoms with Crippen molar-refractivity contribution in [3.05, 3.63) is 0 Å². The molecule has 0 aromatic carbocycles. The van der Waals surface area contributed by atoms with Gasteiger partial charge in [0.1, 0.15) is 5.71 Å². The Balaban J connectivity index is 0.00000128. The zero-order chi connectivity index (χ0) is 10.9. The fourth-order valence-corrected chi connectivity index (χ4v) is 1.94. The second kappa shape index (κ2) is 5.01. The summed E-state index contributed by atoms with van der Waals surface area (Å²) >= 11 is 0. The van der Waals surface area contributed by atoms with Crippen LogP contribution in [0.15, 0.2) is 5.16 Å². The van der Waals surface area contributed by atoms with E-state index >= 15 is 0 Å². The van der Waals surface area contributed by atoms with E-state index in [4.69, 9.17) is 4.84 Å². The molecule has 2 rings (SSSR count). The summed E-state index contributed by atoms with van der Waals surface area (Å²) in [5.41, 5.74) is 0.274. The van der Waals surface area contributed by atoms with Gasteiger partial charge in [-0.25, -0.2) is 0 Å². The lowest BCUT2D eigenvalue weighted by Gasteiger charge is -2.18. The van der Waals surface area contributed by atoms with E-state index in [0.717, 1.165) is 19.5 Å². The van der Waals surface area contributed by atoms with Crippen LogP contribution in [-0.4, -0.2) is 36.4 Å². The molecule has 2 aliphatic rings. The third-order valence-corrected chi connectivity index (χ3v) is 2.73. The maximum absolute atomic E-state index is 11.7. The summed E-state index contributed by atoms with van der Waals surface area (Å²) in [5, 5.41) is 9.93. The maximum Gasteiger partial charge on any atom is 0.269 e. The van der Waals surface area contributed by atoms with E-state index < -0.39 is 0 Å². The highest BCUT2D eigenvalue weighted by atomic mass is 35.5. The van der Waals surface area contributed by atoms with E-state index in [1.807, 2.05) is 13.8 Å². The number of carbonyl (C=O) groups excluding carboxylic acids is 1. The molecule has 0 aliphatic carbocycles. The summed E-state index contributed by atoms with van der Waals surface area (Å²) in [6, 6.07) is 0.137. The summed E-state index contributed by atoms with van der Waals surface area (Å²) in [5.74, 6) is -0.103. The van der Waals surface area contributed by atoms with Crippen LogP contribution in [0.3, 0.4) is 0 Å². The van der Waals surface area contributed by atoms with E-state index in [-0.39, 0.29) is 30.0 Å². The number of nitrogens with zero attached hydrogens (tertiary/aromatic N) is 1. The summed E-state index contributed by atoms with van der Waals surface area (Å²) in [6.07, 6.45) is 1.55. The quantitative estimate of drug-likeness (QED) is 0.745. The lowest BCUT2D eigenvalue weighted by molar-refractivity contribution is -0.115. The van der Waals surface area contributed by atoms with Gasteiger partial charge in [0.15, 0.2) is 5.60 Å². The van der Waals surface area contributed by atoms with Gasteiger partial charge in [0.2, 0.25) is 0 Å². The van der Waals surface area contributed by atoms with Crippen molar-refractivity contribution in [1.82, 2.24) is 10.6 Å². The largest absolute Gasteiger partial charge is 0.387 e. The minimum absolute atomic E-state index is 0. The first-order valence-electron chi connectivity index (χ1n) is 5.38. The normalized spacial score (nSPS) is 27.6. The van der Waals surface area contributed by atoms with Crippen molar-refractivity contribution in [2.75, 3.05) is 13.1 Å². The summed E-state index contributed by atoms with van der Waals surface area (Å²) < 4.78 is 0. The number of amides is 1. The van der Waals surface area contributed by atoms with Gasteiger partial charge in [0, 0.05) is 25.4 Å². The smallest absolute Gasteiger partial charge is 0.269 e. The monoisotopic (exact) mass is 247 g/mol. The van der Waals surface area contributed by atoms with Gasteiger partial charge in [-0.15, -0.1) is 12.4 Å². The number of carbonyl (C=O) groups is 1. The number of hydrogen-bond donors (Lipinski definition) is 2. The molecule has 1 atom stereocenters. The van der Waals surface area contributed by atoms with E-state index in [2.05, 4.69) is 15.8 Å². The van der Waals surface area contributed by atoms with Crippen LogP contribution in [0.5, 0.6) is 0 Å². The molecule has 2 heterocycles. The topological polar surface area (TPSA) is 62.7 Å². The van der Waals surface area contributed by atoms with E-state index in [1.165, 1.54) is 0 Å². The molecular formula is C10H18ClN3O2. The Kier molecular flexibility index (Phi) is 4.15. The molecule has 0 bridgehead atoms. The molecule has 6 heteroatoms. The Morgan fingerprint density at radius 2 is 2.38 bits per heavy atom. The van der Waals surface area contributed by atoms with E-state index in [1.54, 1.807) is 0 Å². The zero-order valence-electron chi connectivity index (χ0n) is 9.58. The Morgan fingerprint density at radius 1 is 1.62 bits per heavy atom. The summed E-state index contributed by atoms with van der Waals surface area (Å²) in [4.78, 5) is 17.0. The molecule has 1 spiro atoms. The SMILES string of the molecule is CC(C)NC(=O)C1=NOC2(CCNC2)C1.Cl. The Hall–Kier alpha value is -0.810. The molecule has 5 nitrogen and oxygen atoms in total. The standard InChI is InChI=1S/C10H17N3O2.ClH/c1-7(2)12-9(14)8-5-10(15-13-8)3-4-11-6-10;/h7,11H,3-6H2,1-2H3,(H,12,14);1H. The average molecular weight is 248 g/mol. The van der Waals surface area contributed by atoms with Crippen molar-refractivity contribution >= 4 is 24.0 Å². The highest BCUT2D eigenvalue weighted by Crippen LogP contribution is 2.29. The number of oxime groups is 1. The first-order valence-corrected chi connectivity index (χ1v) is 5.38. The Labute approximate surface area is 101 Å². The second-order valence-electron chi connectivity index (χ2n) is 4.54. The van der Waals surface area contributed by atoms with E-state index in [0.29, 0.717) is 12.1 Å². The first kappa shape index (κ1) is 13.3. The predicted molar refractivity (Wildman–Crippen MR) is 63.9 cm³/mol. The van der Waals surface area contributed by atoms with Crippen LogP contribution in [0, 0.1) is 0 Å². The lowest BCUT2D eigenvalue weighted by atomic mass is 9.96. The van der Waals surface area contributed by atoms with Crippen molar-refractivity contribution in [2.45, 2.75) is 38.3 Å². The van der Waals surface area contributed by atoms with Crippen molar-refractivity contribution < 1.29 is 9.63 Å². The van der Waals surface area contributed by atoms with Crippen LogP contribution < -0.4 is 10.6 Å². The first-order chi connectivity index (χ1) is 7.11. The minimum Gasteiger partial charge on any atom is -0.387 e. The van der Waals surface area contributed by atoms with Gasteiger partial charge >= 0.3 is 0 Å². The van der Waals surface area contributed by atoms with Crippen molar-refractivity contribution in [1.29, 1.82) is 0 Å². The highest BCUT2D eigenvalue weighted by Gasteiger charge is 2.43. The lowest BCUT2D eigenvalue weighted by Crippen LogP contribution is -2.38. The van der Waals surface area contributed by atoms with Crippen LogP contribution in [-0.2, 0) is 9.63 Å². The van der Waals surface area contributed by atoms with Crippen molar-refractivity contribution in [3.63, 3.8) is 0 Å². The van der Waals surface area contributed by atoms with Crippen LogP contribution in [0.1, 0.15) is 26.7 Å². The molecule has 0 aromatic rings. The van der Waals surface area contributed by atoms with Gasteiger partial charge in [-0.1, -0.05) is 5.16 Å². The third-order valence-electron chi connectivity index (χ3n) is 2.73. The average Bonchev–Trinajstić information content (AvgIpc) is 2.76. The predicted octanol–water partition coefficient (Wildman–Crippen LogP) is 0.441. The van der Waals surface area contributed by atoms with Gasteiger partial charge < -0.3 is 15.5 Å². The van der Waals surface area contributed by atoms with Crippen molar-refractivity contribution in [2.24, 2.45) is 5.16 Å². The number of rotatable bonds is 2. The number of nitrogens with one attached hydrogen (secondary N) is 2. The number of hydrogen-bond acceptors (Lipinski definition) is 4. The molecule has 0 radical (unpaired) electrons. The fraction of sp³-hybridized carbons (Fsp3) is 0.800. The van der Waals surface area contributed by atoms with Gasteiger partial charge in [0.05, 0.1) is 0 Å². The van der Waals surface area contributed by atoms with Gasteiger partial charge in [-0.05, 0) is 20.4 Å². The fourth-order valence-electron chi connectivity index (χ4n) is 1.94. The minimum atomic E-state index is -0.246. The van der Waals surface area contributed by atoms with Gasteiger partial charge in [0.25, 0.3) is 5.91 Å². The maximum atomic E-state index is 11.7. The van der Waals surface area contributed by atoms with Gasteiger partial charge in [-0.2, -0.15) is 0 Å². The van der Waals surface area contributed by atoms with Crippen LogP contribution in [0.2, 0.25) is 0 Å². The van der Waals surface area contributed by atoms with Crippen LogP contribution in [0.25, 0.3) is 0 Å². The molecule has 1 fully saturated rings. The Bertz CT molecular complexity index is 298. The molecular weight excluding hydrogens is 230 g/mol.